The molecule has 2 aliphatic rings. The van der Waals surface area contributed by atoms with Crippen LogP contribution in [0.4, 0.5) is 17.2 Å². The number of nitrogens with one attached hydrogen (secondary N) is 2. The van der Waals surface area contributed by atoms with E-state index in [2.05, 4.69) is 30.5 Å². The van der Waals surface area contributed by atoms with E-state index in [-0.39, 0.29) is 17.4 Å². The van der Waals surface area contributed by atoms with E-state index < -0.39 is 5.91 Å². The van der Waals surface area contributed by atoms with Gasteiger partial charge in [-0.05, 0) is 11.6 Å². The van der Waals surface area contributed by atoms with Crippen LogP contribution in [0.2, 0.25) is 0 Å². The van der Waals surface area contributed by atoms with Crippen molar-refractivity contribution in [2.24, 2.45) is 0 Å². The molecule has 0 radical (unpaired) electrons. The van der Waals surface area contributed by atoms with Gasteiger partial charge in [0.2, 0.25) is 5.91 Å². The van der Waals surface area contributed by atoms with Gasteiger partial charge in [-0.2, -0.15) is 0 Å². The topological polar surface area (TPSA) is 139 Å². The zero-order valence-corrected chi connectivity index (χ0v) is 20.5. The highest BCUT2D eigenvalue weighted by atomic mass is 16.5. The van der Waals surface area contributed by atoms with E-state index in [0.29, 0.717) is 31.0 Å². The normalized spacial score (nSPS) is 15.9. The Labute approximate surface area is 215 Å². The number of nitrogen functional groups attached to an aromatic ring is 1. The second-order valence-corrected chi connectivity index (χ2v) is 8.94. The lowest BCUT2D eigenvalue weighted by molar-refractivity contribution is -0.131. The summed E-state index contributed by atoms with van der Waals surface area (Å²) in [6, 6.07) is 9.41. The summed E-state index contributed by atoms with van der Waals surface area (Å²) in [5.41, 5.74) is 9.70. The summed E-state index contributed by atoms with van der Waals surface area (Å²) in [6.07, 6.45) is 5.18. The fraction of sp³-hybridized carbons (Fsp3) is 0.346. The van der Waals surface area contributed by atoms with Gasteiger partial charge in [-0.3, -0.25) is 14.6 Å². The minimum absolute atomic E-state index is 0.0345. The Morgan fingerprint density at radius 3 is 2.54 bits per heavy atom. The highest BCUT2D eigenvalue weighted by Gasteiger charge is 2.20. The second kappa shape index (κ2) is 11.3. The van der Waals surface area contributed by atoms with Gasteiger partial charge in [0.05, 0.1) is 49.1 Å². The van der Waals surface area contributed by atoms with E-state index in [1.165, 1.54) is 6.20 Å². The third-order valence-corrected chi connectivity index (χ3v) is 6.49. The molecule has 5 rings (SSSR count). The Morgan fingerprint density at radius 1 is 1.03 bits per heavy atom. The number of carbonyl (C=O) groups is 2. The second-order valence-electron chi connectivity index (χ2n) is 8.94. The largest absolute Gasteiger partial charge is 0.382 e. The van der Waals surface area contributed by atoms with Crippen LogP contribution >= 0.6 is 0 Å². The SMILES string of the molecule is Nc1ncc(-c2ccc(CC(=O)N3CCNCC3)cc2)nc1C(=O)Nc1cnccc1N1CCOCC1. The van der Waals surface area contributed by atoms with Crippen LogP contribution in [-0.2, 0) is 16.0 Å². The van der Waals surface area contributed by atoms with Crippen molar-refractivity contribution in [2.45, 2.75) is 6.42 Å². The third kappa shape index (κ3) is 5.84. The Bertz CT molecular complexity index is 1250. The molecular formula is C26H30N8O3. The molecule has 2 amide bonds. The first-order valence-electron chi connectivity index (χ1n) is 12.4. The third-order valence-electron chi connectivity index (χ3n) is 6.49. The van der Waals surface area contributed by atoms with Crippen molar-refractivity contribution in [3.63, 3.8) is 0 Å². The van der Waals surface area contributed by atoms with Crippen LogP contribution in [0.1, 0.15) is 16.1 Å². The summed E-state index contributed by atoms with van der Waals surface area (Å²) in [6.45, 7) is 5.81. The molecule has 192 valence electrons. The quantitative estimate of drug-likeness (QED) is 0.453. The fourth-order valence-corrected chi connectivity index (χ4v) is 4.44. The van der Waals surface area contributed by atoms with E-state index in [9.17, 15) is 9.59 Å². The van der Waals surface area contributed by atoms with Gasteiger partial charge in [-0.1, -0.05) is 24.3 Å². The highest BCUT2D eigenvalue weighted by molar-refractivity contribution is 6.07. The molecule has 0 aliphatic carbocycles. The van der Waals surface area contributed by atoms with Gasteiger partial charge in [-0.25, -0.2) is 9.97 Å². The van der Waals surface area contributed by atoms with Crippen LogP contribution in [-0.4, -0.2) is 84.1 Å². The van der Waals surface area contributed by atoms with Gasteiger partial charge in [0.1, 0.15) is 0 Å². The van der Waals surface area contributed by atoms with Crippen molar-refractivity contribution in [3.8, 4) is 11.3 Å². The van der Waals surface area contributed by atoms with Crippen LogP contribution in [0, 0.1) is 0 Å². The van der Waals surface area contributed by atoms with Crippen molar-refractivity contribution in [3.05, 3.63) is 60.2 Å². The van der Waals surface area contributed by atoms with Gasteiger partial charge >= 0.3 is 0 Å². The van der Waals surface area contributed by atoms with Gasteiger partial charge in [0.15, 0.2) is 11.5 Å². The number of rotatable bonds is 6. The van der Waals surface area contributed by atoms with Crippen molar-refractivity contribution in [1.82, 2.24) is 25.2 Å². The maximum absolute atomic E-state index is 13.2. The number of amides is 2. The molecule has 4 heterocycles. The highest BCUT2D eigenvalue weighted by Crippen LogP contribution is 2.27. The standard InChI is InChI=1S/C26H30N8O3/c27-25-24(26(36)32-21-16-29-6-5-22(21)33-11-13-37-14-12-33)31-20(17-30-25)19-3-1-18(2-4-19)15-23(35)34-9-7-28-8-10-34/h1-6,16-17,28H,7-15H2,(H2,27,30)(H,32,36). The Morgan fingerprint density at radius 2 is 1.78 bits per heavy atom. The summed E-state index contributed by atoms with van der Waals surface area (Å²) in [5.74, 6) is -0.309. The number of piperazine rings is 1. The number of carbonyl (C=O) groups excluding carboxylic acids is 2. The van der Waals surface area contributed by atoms with E-state index >= 15 is 0 Å². The molecule has 11 nitrogen and oxygen atoms in total. The number of morpholine rings is 1. The number of anilines is 3. The number of hydrogen-bond acceptors (Lipinski definition) is 9. The molecule has 2 saturated heterocycles. The number of nitrogens with two attached hydrogens (primary N) is 1. The maximum atomic E-state index is 13.2. The lowest BCUT2D eigenvalue weighted by Crippen LogP contribution is -2.46. The zero-order chi connectivity index (χ0) is 25.6. The summed E-state index contributed by atoms with van der Waals surface area (Å²) >= 11 is 0. The monoisotopic (exact) mass is 502 g/mol. The Kier molecular flexibility index (Phi) is 7.52. The maximum Gasteiger partial charge on any atom is 0.278 e. The van der Waals surface area contributed by atoms with Crippen molar-refractivity contribution < 1.29 is 14.3 Å². The fourth-order valence-electron chi connectivity index (χ4n) is 4.44. The molecule has 2 aromatic heterocycles. The molecule has 0 spiro atoms. The molecule has 0 unspecified atom stereocenters. The average Bonchev–Trinajstić information content (AvgIpc) is 2.95. The van der Waals surface area contributed by atoms with E-state index in [4.69, 9.17) is 10.5 Å². The molecule has 2 fully saturated rings. The lowest BCUT2D eigenvalue weighted by Gasteiger charge is -2.30. The van der Waals surface area contributed by atoms with Gasteiger partial charge in [-0.15, -0.1) is 0 Å². The minimum atomic E-state index is -0.465. The predicted molar refractivity (Wildman–Crippen MR) is 140 cm³/mol. The predicted octanol–water partition coefficient (Wildman–Crippen LogP) is 1.18. The van der Waals surface area contributed by atoms with Crippen LogP contribution in [0.25, 0.3) is 11.3 Å². The Hall–Kier alpha value is -4.09. The molecule has 0 saturated carbocycles. The summed E-state index contributed by atoms with van der Waals surface area (Å²) in [4.78, 5) is 42.6. The molecule has 37 heavy (non-hydrogen) atoms. The number of pyridine rings is 1. The molecule has 1 aromatic carbocycles. The van der Waals surface area contributed by atoms with Crippen LogP contribution in [0.3, 0.4) is 0 Å². The van der Waals surface area contributed by atoms with Gasteiger partial charge < -0.3 is 30.9 Å². The number of aromatic nitrogens is 3. The van der Waals surface area contributed by atoms with Crippen LogP contribution < -0.4 is 21.3 Å². The summed E-state index contributed by atoms with van der Waals surface area (Å²) < 4.78 is 5.44. The van der Waals surface area contributed by atoms with E-state index in [0.717, 1.165) is 56.1 Å². The molecule has 4 N–H and O–H groups in total. The van der Waals surface area contributed by atoms with Gasteiger partial charge in [0, 0.05) is 51.0 Å². The minimum Gasteiger partial charge on any atom is -0.382 e. The summed E-state index contributed by atoms with van der Waals surface area (Å²) in [5, 5.41) is 6.15. The number of hydrogen-bond donors (Lipinski definition) is 3. The molecule has 0 bridgehead atoms. The average molecular weight is 503 g/mol. The molecule has 3 aromatic rings. The molecule has 2 aliphatic heterocycles. The van der Waals surface area contributed by atoms with Crippen LogP contribution in [0.5, 0.6) is 0 Å². The Balaban J connectivity index is 1.30. The van der Waals surface area contributed by atoms with E-state index in [1.807, 2.05) is 35.2 Å². The first-order chi connectivity index (χ1) is 18.1. The first-order valence-corrected chi connectivity index (χ1v) is 12.4. The number of ether oxygens (including phenoxy) is 1. The molecule has 11 heteroatoms. The lowest BCUT2D eigenvalue weighted by atomic mass is 10.1. The van der Waals surface area contributed by atoms with Gasteiger partial charge in [0.25, 0.3) is 5.91 Å². The molecular weight excluding hydrogens is 472 g/mol. The van der Waals surface area contributed by atoms with E-state index in [1.54, 1.807) is 12.4 Å². The number of nitrogens with zero attached hydrogens (tertiary/aromatic N) is 5. The zero-order valence-electron chi connectivity index (χ0n) is 20.5. The van der Waals surface area contributed by atoms with Crippen molar-refractivity contribution in [2.75, 3.05) is 68.4 Å². The number of benzene rings is 1. The van der Waals surface area contributed by atoms with Crippen LogP contribution in [0.15, 0.2) is 48.9 Å². The van der Waals surface area contributed by atoms with Crippen molar-refractivity contribution in [1.29, 1.82) is 0 Å². The smallest absolute Gasteiger partial charge is 0.278 e. The first kappa shape index (κ1) is 24.6. The molecule has 0 atom stereocenters. The summed E-state index contributed by atoms with van der Waals surface area (Å²) in [7, 11) is 0. The van der Waals surface area contributed by atoms with Crippen molar-refractivity contribution >= 4 is 29.0 Å².